The van der Waals surface area contributed by atoms with Gasteiger partial charge >= 0.3 is 5.97 Å². The van der Waals surface area contributed by atoms with Crippen molar-refractivity contribution >= 4 is 38.8 Å². The smallest absolute Gasteiger partial charge is 0.332 e. The Kier molecular flexibility index (Phi) is 6.24. The summed E-state index contributed by atoms with van der Waals surface area (Å²) < 4.78 is 1.11. The molecule has 1 N–H and O–H groups in total. The number of carboxylic acid groups (broad SMARTS) is 1. The van der Waals surface area contributed by atoms with E-state index in [4.69, 9.17) is 5.11 Å². The van der Waals surface area contributed by atoms with E-state index >= 15 is 0 Å². The third-order valence-corrected chi connectivity index (χ3v) is 6.12. The second-order valence-corrected chi connectivity index (χ2v) is 7.74. The lowest BCUT2D eigenvalue weighted by Crippen LogP contribution is -2.32. The van der Waals surface area contributed by atoms with Gasteiger partial charge in [0.2, 0.25) is 0 Å². The van der Waals surface area contributed by atoms with Crippen LogP contribution in [0.5, 0.6) is 0 Å². The number of hydrogen-bond acceptors (Lipinski definition) is 3. The number of rotatable bonds is 6. The topological polar surface area (TPSA) is 40.5 Å². The van der Waals surface area contributed by atoms with E-state index < -0.39 is 5.97 Å². The maximum atomic E-state index is 11.1. The van der Waals surface area contributed by atoms with Crippen LogP contribution in [0.15, 0.2) is 64.0 Å². The second kappa shape index (κ2) is 8.61. The Bertz CT molecular complexity index is 795. The van der Waals surface area contributed by atoms with Gasteiger partial charge in [-0.1, -0.05) is 42.5 Å². The van der Waals surface area contributed by atoms with Crippen LogP contribution in [0.2, 0.25) is 0 Å². The van der Waals surface area contributed by atoms with E-state index in [0.29, 0.717) is 12.1 Å². The number of nitrogens with zero attached hydrogens (tertiary/aromatic N) is 1. The van der Waals surface area contributed by atoms with Gasteiger partial charge in [0.25, 0.3) is 0 Å². The average molecular weight is 418 g/mol. The Morgan fingerprint density at radius 1 is 1.28 bits per heavy atom. The number of carbonyl (C=O) groups is 1. The van der Waals surface area contributed by atoms with Gasteiger partial charge in [0.15, 0.2) is 0 Å². The predicted octanol–water partition coefficient (Wildman–Crippen LogP) is 5.05. The van der Waals surface area contributed by atoms with Crippen LogP contribution in [0.3, 0.4) is 0 Å². The first-order valence-electron chi connectivity index (χ1n) is 8.29. The standard InChI is InChI=1S/C20H20BrNO2S/c21-18-10-13-25-19(18)17(15-6-2-1-3-7-15)9-5-12-22-11-4-8-16(14-22)20(23)24/h1-3,6-10,13H,4-5,11-12,14H2,(H,23,24). The first-order chi connectivity index (χ1) is 12.1. The number of hydrogen-bond donors (Lipinski definition) is 1. The largest absolute Gasteiger partial charge is 0.478 e. The minimum Gasteiger partial charge on any atom is -0.478 e. The summed E-state index contributed by atoms with van der Waals surface area (Å²) in [5.41, 5.74) is 2.95. The molecule has 130 valence electrons. The molecule has 0 aliphatic carbocycles. The summed E-state index contributed by atoms with van der Waals surface area (Å²) in [6.45, 7) is 2.32. The Hall–Kier alpha value is -1.69. The van der Waals surface area contributed by atoms with E-state index in [2.05, 4.69) is 62.6 Å². The fourth-order valence-corrected chi connectivity index (χ4v) is 4.64. The molecule has 3 nitrogen and oxygen atoms in total. The van der Waals surface area contributed by atoms with E-state index in [-0.39, 0.29) is 0 Å². The molecule has 1 aromatic carbocycles. The highest BCUT2D eigenvalue weighted by molar-refractivity contribution is 9.10. The summed E-state index contributed by atoms with van der Waals surface area (Å²) in [5.74, 6) is -0.798. The number of halogens is 1. The molecule has 0 radical (unpaired) electrons. The molecule has 25 heavy (non-hydrogen) atoms. The lowest BCUT2D eigenvalue weighted by molar-refractivity contribution is -0.133. The van der Waals surface area contributed by atoms with Crippen LogP contribution in [0.4, 0.5) is 0 Å². The van der Waals surface area contributed by atoms with E-state index in [1.807, 2.05) is 12.1 Å². The van der Waals surface area contributed by atoms with Crippen molar-refractivity contribution in [1.29, 1.82) is 0 Å². The molecule has 0 spiro atoms. The van der Waals surface area contributed by atoms with Crippen molar-refractivity contribution in [2.45, 2.75) is 12.8 Å². The van der Waals surface area contributed by atoms with Crippen molar-refractivity contribution in [2.24, 2.45) is 0 Å². The van der Waals surface area contributed by atoms with Gasteiger partial charge in [-0.2, -0.15) is 0 Å². The summed E-state index contributed by atoms with van der Waals surface area (Å²) in [7, 11) is 0. The summed E-state index contributed by atoms with van der Waals surface area (Å²) >= 11 is 5.37. The monoisotopic (exact) mass is 417 g/mol. The Balaban J connectivity index is 1.73. The normalized spacial score (nSPS) is 15.9. The van der Waals surface area contributed by atoms with Crippen molar-refractivity contribution in [3.63, 3.8) is 0 Å². The Morgan fingerprint density at radius 3 is 2.76 bits per heavy atom. The van der Waals surface area contributed by atoms with Crippen molar-refractivity contribution in [3.05, 3.63) is 74.4 Å². The van der Waals surface area contributed by atoms with Crippen LogP contribution in [-0.2, 0) is 4.79 Å². The molecule has 5 heteroatoms. The number of benzene rings is 1. The van der Waals surface area contributed by atoms with Gasteiger partial charge in [-0.05, 0) is 51.4 Å². The molecule has 1 aromatic heterocycles. The zero-order valence-electron chi connectivity index (χ0n) is 13.8. The quantitative estimate of drug-likeness (QED) is 0.714. The minimum atomic E-state index is -0.798. The predicted molar refractivity (Wildman–Crippen MR) is 107 cm³/mol. The van der Waals surface area contributed by atoms with Crippen LogP contribution < -0.4 is 0 Å². The molecule has 0 bridgehead atoms. The highest BCUT2D eigenvalue weighted by atomic mass is 79.9. The summed E-state index contributed by atoms with van der Waals surface area (Å²) in [6, 6.07) is 12.5. The molecule has 1 aliphatic rings. The number of carboxylic acids is 1. The van der Waals surface area contributed by atoms with Gasteiger partial charge in [0.1, 0.15) is 0 Å². The molecule has 3 rings (SSSR count). The van der Waals surface area contributed by atoms with Crippen molar-refractivity contribution in [3.8, 4) is 0 Å². The Morgan fingerprint density at radius 2 is 2.08 bits per heavy atom. The lowest BCUT2D eigenvalue weighted by atomic mass is 10.0. The fourth-order valence-electron chi connectivity index (χ4n) is 2.99. The summed E-state index contributed by atoms with van der Waals surface area (Å²) in [6.07, 6.45) is 5.81. The van der Waals surface area contributed by atoms with Crippen molar-refractivity contribution < 1.29 is 9.90 Å². The molecule has 0 amide bonds. The zero-order valence-corrected chi connectivity index (χ0v) is 16.2. The molecule has 0 saturated heterocycles. The number of thiophene rings is 1. The van der Waals surface area contributed by atoms with Gasteiger partial charge in [-0.25, -0.2) is 4.79 Å². The highest BCUT2D eigenvalue weighted by Gasteiger charge is 2.17. The molecular formula is C20H20BrNO2S. The van der Waals surface area contributed by atoms with Crippen LogP contribution in [0.1, 0.15) is 23.3 Å². The van der Waals surface area contributed by atoms with Crippen LogP contribution in [0, 0.1) is 0 Å². The molecule has 2 heterocycles. The maximum absolute atomic E-state index is 11.1. The molecule has 0 atom stereocenters. The zero-order chi connectivity index (χ0) is 17.6. The first kappa shape index (κ1) is 18.1. The highest BCUT2D eigenvalue weighted by Crippen LogP contribution is 2.34. The van der Waals surface area contributed by atoms with Gasteiger partial charge < -0.3 is 5.11 Å². The SMILES string of the molecule is O=C(O)C1=CCCN(CCC=C(c2ccccc2)c2sccc2Br)C1. The third-order valence-electron chi connectivity index (χ3n) is 4.25. The fraction of sp³-hybridized carbons (Fsp3) is 0.250. The van der Waals surface area contributed by atoms with E-state index in [1.165, 1.54) is 16.0 Å². The van der Waals surface area contributed by atoms with Gasteiger partial charge in [-0.15, -0.1) is 11.3 Å². The summed E-state index contributed by atoms with van der Waals surface area (Å²) in [5, 5.41) is 11.3. The average Bonchev–Trinajstić information content (AvgIpc) is 3.05. The van der Waals surface area contributed by atoms with E-state index in [1.54, 1.807) is 11.3 Å². The lowest BCUT2D eigenvalue weighted by Gasteiger charge is -2.25. The molecule has 1 aliphatic heterocycles. The molecule has 0 fully saturated rings. The van der Waals surface area contributed by atoms with Gasteiger partial charge in [0.05, 0.1) is 0 Å². The minimum absolute atomic E-state index is 0.513. The van der Waals surface area contributed by atoms with Crippen LogP contribution >= 0.6 is 27.3 Å². The van der Waals surface area contributed by atoms with Crippen LogP contribution in [0.25, 0.3) is 5.57 Å². The van der Waals surface area contributed by atoms with E-state index in [9.17, 15) is 4.79 Å². The Labute approximate surface area is 160 Å². The molecule has 0 saturated carbocycles. The van der Waals surface area contributed by atoms with Gasteiger partial charge in [-0.3, -0.25) is 4.90 Å². The van der Waals surface area contributed by atoms with Crippen LogP contribution in [-0.4, -0.2) is 35.6 Å². The van der Waals surface area contributed by atoms with E-state index in [0.717, 1.165) is 30.4 Å². The first-order valence-corrected chi connectivity index (χ1v) is 9.96. The van der Waals surface area contributed by atoms with Gasteiger partial charge in [0, 0.05) is 34.6 Å². The van der Waals surface area contributed by atoms with Crippen molar-refractivity contribution in [1.82, 2.24) is 4.90 Å². The second-order valence-electron chi connectivity index (χ2n) is 5.97. The number of aliphatic carboxylic acids is 1. The third kappa shape index (κ3) is 4.69. The molecular weight excluding hydrogens is 398 g/mol. The summed E-state index contributed by atoms with van der Waals surface area (Å²) in [4.78, 5) is 14.6. The molecule has 2 aromatic rings. The molecule has 0 unspecified atom stereocenters. The maximum Gasteiger partial charge on any atom is 0.332 e. The van der Waals surface area contributed by atoms with Crippen molar-refractivity contribution in [2.75, 3.05) is 19.6 Å².